The number of hydrogen-bond acceptors (Lipinski definition) is 7. The van der Waals surface area contributed by atoms with Crippen molar-refractivity contribution in [3.8, 4) is 17.1 Å². The molecule has 1 atom stereocenters. The molecule has 260 valence electrons. The molecule has 0 aliphatic carbocycles. The fourth-order valence-electron chi connectivity index (χ4n) is 6.61. The van der Waals surface area contributed by atoms with Crippen LogP contribution in [0.3, 0.4) is 0 Å². The first-order valence-electron chi connectivity index (χ1n) is 15.8. The van der Waals surface area contributed by atoms with Crippen LogP contribution in [0.2, 0.25) is 0 Å². The summed E-state index contributed by atoms with van der Waals surface area (Å²) in [5.41, 5.74) is 2.10. The lowest BCUT2D eigenvalue weighted by Crippen LogP contribution is -2.27. The van der Waals surface area contributed by atoms with Gasteiger partial charge in [0.15, 0.2) is 5.82 Å². The summed E-state index contributed by atoms with van der Waals surface area (Å²) in [6, 6.07) is 14.3. The minimum absolute atomic E-state index is 0.0307. The third-order valence-corrected chi connectivity index (χ3v) is 10.5. The first-order valence-corrected chi connectivity index (χ1v) is 17.7. The summed E-state index contributed by atoms with van der Waals surface area (Å²) in [7, 11) is -3.32. The molecule has 1 unspecified atom stereocenters. The molecule has 1 saturated heterocycles. The van der Waals surface area contributed by atoms with Crippen LogP contribution in [-0.4, -0.2) is 57.8 Å². The van der Waals surface area contributed by atoms with Gasteiger partial charge in [-0.25, -0.2) is 36.4 Å². The Kier molecular flexibility index (Phi) is 8.43. The van der Waals surface area contributed by atoms with Gasteiger partial charge in [-0.05, 0) is 52.6 Å². The zero-order valence-electron chi connectivity index (χ0n) is 27.4. The van der Waals surface area contributed by atoms with Gasteiger partial charge in [0.2, 0.25) is 15.9 Å². The lowest BCUT2D eigenvalue weighted by atomic mass is 9.87. The Morgan fingerprint density at radius 2 is 1.78 bits per heavy atom. The molecular weight excluding hydrogens is 673 g/mol. The van der Waals surface area contributed by atoms with Crippen LogP contribution >= 0.6 is 0 Å². The van der Waals surface area contributed by atoms with Crippen LogP contribution in [0.1, 0.15) is 58.3 Å². The van der Waals surface area contributed by atoms with Gasteiger partial charge in [0, 0.05) is 36.6 Å². The number of ether oxygens (including phenoxy) is 2. The van der Waals surface area contributed by atoms with Crippen molar-refractivity contribution in [1.29, 1.82) is 0 Å². The number of carboxylic acids is 1. The molecule has 0 amide bonds. The molecule has 2 aliphatic rings. The largest absolute Gasteiger partial charge is 0.478 e. The number of aromatic nitrogens is 3. The van der Waals surface area contributed by atoms with E-state index in [1.807, 2.05) is 32.0 Å². The van der Waals surface area contributed by atoms with Crippen molar-refractivity contribution >= 4 is 27.0 Å². The molecule has 1 N–H and O–H groups in total. The molecule has 5 aromatic rings. The summed E-state index contributed by atoms with van der Waals surface area (Å²) in [5, 5.41) is 9.57. The molecule has 0 saturated carbocycles. The van der Waals surface area contributed by atoms with Crippen LogP contribution in [0.25, 0.3) is 22.3 Å². The number of aromatic carboxylic acids is 1. The Morgan fingerprint density at radius 3 is 2.50 bits per heavy atom. The van der Waals surface area contributed by atoms with Crippen LogP contribution in [0.5, 0.6) is 5.88 Å². The summed E-state index contributed by atoms with van der Waals surface area (Å²) in [6.45, 7) is 5.28. The van der Waals surface area contributed by atoms with Gasteiger partial charge in [-0.15, -0.1) is 0 Å². The molecule has 14 heteroatoms. The Morgan fingerprint density at radius 1 is 1.00 bits per heavy atom. The average molecular weight is 707 g/mol. The van der Waals surface area contributed by atoms with Gasteiger partial charge < -0.3 is 19.1 Å². The van der Waals surface area contributed by atoms with Gasteiger partial charge in [-0.1, -0.05) is 38.1 Å². The molecule has 2 aliphatic heterocycles. The molecule has 3 aromatic carbocycles. The number of sulfonamides is 1. The molecule has 50 heavy (non-hydrogen) atoms. The lowest BCUT2D eigenvalue weighted by molar-refractivity contribution is 0.0696. The van der Waals surface area contributed by atoms with E-state index in [1.54, 1.807) is 16.7 Å². The van der Waals surface area contributed by atoms with Gasteiger partial charge >= 0.3 is 5.97 Å². The number of fused-ring (bicyclic) bond motifs is 2. The van der Waals surface area contributed by atoms with Crippen molar-refractivity contribution in [3.63, 3.8) is 0 Å². The van der Waals surface area contributed by atoms with E-state index in [2.05, 4.69) is 9.97 Å². The number of pyridine rings is 1. The third-order valence-electron chi connectivity index (χ3n) is 9.34. The number of carboxylic acid groups (broad SMARTS) is 1. The van der Waals surface area contributed by atoms with Crippen LogP contribution in [0.15, 0.2) is 60.7 Å². The standard InChI is InChI=1S/C36H33F3N4O6S/c1-36(2)19-48-18-31(36)43-30-12-23(35(44)45)11-28(39)34(30)41-32(43)13-22-10-27(38)25(14-26(22)37)29-5-4-6-33(40-29)49-17-20-7-8-21-15-42(50(3,46)47)16-24(21)9-20/h4-12,14,31H,13,15-19H2,1-3H3,(H,44,45). The second-order valence-electron chi connectivity index (χ2n) is 13.4. The zero-order chi connectivity index (χ0) is 35.5. The number of benzene rings is 3. The normalized spacial score (nSPS) is 17.4. The number of imidazole rings is 1. The van der Waals surface area contributed by atoms with Crippen molar-refractivity contribution in [2.75, 3.05) is 19.5 Å². The number of carbonyl (C=O) groups is 1. The molecule has 2 aromatic heterocycles. The minimum atomic E-state index is -3.32. The second-order valence-corrected chi connectivity index (χ2v) is 15.4. The highest BCUT2D eigenvalue weighted by Gasteiger charge is 2.39. The van der Waals surface area contributed by atoms with Crippen molar-refractivity contribution < 1.29 is 41.0 Å². The predicted molar refractivity (Wildman–Crippen MR) is 178 cm³/mol. The van der Waals surface area contributed by atoms with E-state index in [1.165, 1.54) is 22.7 Å². The third kappa shape index (κ3) is 6.34. The van der Waals surface area contributed by atoms with Gasteiger partial charge in [-0.3, -0.25) is 0 Å². The number of halogens is 3. The van der Waals surface area contributed by atoms with Gasteiger partial charge in [0.1, 0.15) is 29.6 Å². The quantitative estimate of drug-likeness (QED) is 0.191. The Balaban J connectivity index is 1.15. The van der Waals surface area contributed by atoms with Crippen LogP contribution in [0, 0.1) is 22.9 Å². The van der Waals surface area contributed by atoms with Gasteiger partial charge in [-0.2, -0.15) is 4.31 Å². The molecule has 0 bridgehead atoms. The van der Waals surface area contributed by atoms with Crippen molar-refractivity contribution in [2.45, 2.75) is 46.0 Å². The van der Waals surface area contributed by atoms with E-state index < -0.39 is 38.9 Å². The molecule has 0 radical (unpaired) electrons. The topological polar surface area (TPSA) is 124 Å². The van der Waals surface area contributed by atoms with E-state index >= 15 is 13.2 Å². The molecule has 10 nitrogen and oxygen atoms in total. The Labute approximate surface area is 286 Å². The Hall–Kier alpha value is -4.79. The van der Waals surface area contributed by atoms with Gasteiger partial charge in [0.05, 0.1) is 42.3 Å². The monoisotopic (exact) mass is 706 g/mol. The highest BCUT2D eigenvalue weighted by atomic mass is 32.2. The van der Waals surface area contributed by atoms with Gasteiger partial charge in [0.25, 0.3) is 0 Å². The van der Waals surface area contributed by atoms with Crippen LogP contribution in [-0.2, 0) is 40.9 Å². The maximum Gasteiger partial charge on any atom is 0.335 e. The molecule has 0 spiro atoms. The van der Waals surface area contributed by atoms with Crippen molar-refractivity contribution in [1.82, 2.24) is 18.8 Å². The zero-order valence-corrected chi connectivity index (χ0v) is 28.2. The molecule has 1 fully saturated rings. The maximum absolute atomic E-state index is 15.8. The smallest absolute Gasteiger partial charge is 0.335 e. The van der Waals surface area contributed by atoms with E-state index in [9.17, 15) is 18.3 Å². The van der Waals surface area contributed by atoms with E-state index in [4.69, 9.17) is 9.47 Å². The summed E-state index contributed by atoms with van der Waals surface area (Å²) in [6.07, 6.45) is 0.974. The first kappa shape index (κ1) is 33.7. The van der Waals surface area contributed by atoms with Crippen LogP contribution < -0.4 is 4.74 Å². The summed E-state index contributed by atoms with van der Waals surface area (Å²) in [4.78, 5) is 20.6. The second kappa shape index (κ2) is 12.5. The number of nitrogens with zero attached hydrogens (tertiary/aromatic N) is 4. The Bertz CT molecular complexity index is 2290. The highest BCUT2D eigenvalue weighted by Crippen LogP contribution is 2.41. The van der Waals surface area contributed by atoms with E-state index in [0.29, 0.717) is 13.2 Å². The van der Waals surface area contributed by atoms with Crippen molar-refractivity contribution in [2.24, 2.45) is 5.41 Å². The lowest BCUT2D eigenvalue weighted by Gasteiger charge is -2.28. The summed E-state index contributed by atoms with van der Waals surface area (Å²) < 4.78 is 85.2. The maximum atomic E-state index is 15.8. The highest BCUT2D eigenvalue weighted by molar-refractivity contribution is 7.88. The fourth-order valence-corrected chi connectivity index (χ4v) is 7.36. The summed E-state index contributed by atoms with van der Waals surface area (Å²) >= 11 is 0. The van der Waals surface area contributed by atoms with E-state index in [0.717, 1.165) is 34.9 Å². The van der Waals surface area contributed by atoms with Crippen molar-refractivity contribution in [3.05, 3.63) is 112 Å². The SMILES string of the molecule is CC1(C)COCC1n1c(Cc2cc(F)c(-c3cccc(OCc4ccc5c(c4)CN(S(C)(=O)=O)C5)n3)cc2F)nc2c(F)cc(C(=O)O)cc21. The predicted octanol–water partition coefficient (Wildman–Crippen LogP) is 6.26. The molecule has 4 heterocycles. The molecule has 7 rings (SSSR count). The number of rotatable bonds is 9. The van der Waals surface area contributed by atoms with Crippen LogP contribution in [0.4, 0.5) is 13.2 Å². The number of hydrogen-bond donors (Lipinski definition) is 1. The summed E-state index contributed by atoms with van der Waals surface area (Å²) in [5.74, 6) is -3.20. The fraction of sp³-hybridized carbons (Fsp3) is 0.306. The first-order chi connectivity index (χ1) is 23.7. The van der Waals surface area contributed by atoms with E-state index in [-0.39, 0.29) is 77.3 Å². The molecular formula is C36H33F3N4O6S. The average Bonchev–Trinajstić information content (AvgIpc) is 3.75. The minimum Gasteiger partial charge on any atom is -0.478 e.